The van der Waals surface area contributed by atoms with Crippen molar-refractivity contribution in [3.8, 4) is 22.8 Å². The van der Waals surface area contributed by atoms with Gasteiger partial charge in [-0.05, 0) is 43.7 Å². The van der Waals surface area contributed by atoms with Crippen LogP contribution in [-0.2, 0) is 4.74 Å². The molecule has 2 heterocycles. The molecule has 2 aromatic carbocycles. The Kier molecular flexibility index (Phi) is 6.23. The Morgan fingerprint density at radius 2 is 1.87 bits per heavy atom. The Bertz CT molecular complexity index is 1050. The van der Waals surface area contributed by atoms with Gasteiger partial charge in [0, 0.05) is 37.0 Å². The number of carbonyl (C=O) groups excluding carboxylic acids is 1. The van der Waals surface area contributed by atoms with E-state index in [1.54, 1.807) is 14.2 Å². The van der Waals surface area contributed by atoms with E-state index in [0.717, 1.165) is 40.3 Å². The minimum atomic E-state index is -0.296. The predicted molar refractivity (Wildman–Crippen MR) is 118 cm³/mol. The number of H-pyrrole nitrogens is 1. The zero-order valence-electron chi connectivity index (χ0n) is 18.1. The molecule has 0 aliphatic carbocycles. The largest absolute Gasteiger partial charge is 0.496 e. The minimum absolute atomic E-state index is 0.0632. The quantitative estimate of drug-likeness (QED) is 0.527. The second-order valence-electron chi connectivity index (χ2n) is 7.31. The van der Waals surface area contributed by atoms with Crippen LogP contribution >= 0.6 is 0 Å². The lowest BCUT2D eigenvalue weighted by atomic mass is 9.95. The molecule has 0 spiro atoms. The maximum Gasteiger partial charge on any atom is 0.273 e. The van der Waals surface area contributed by atoms with Crippen molar-refractivity contribution in [3.05, 3.63) is 65.4 Å². The lowest BCUT2D eigenvalue weighted by Crippen LogP contribution is -2.31. The molecular weight excluding hydrogens is 394 g/mol. The second-order valence-corrected chi connectivity index (χ2v) is 7.31. The predicted octanol–water partition coefficient (Wildman–Crippen LogP) is 4.07. The number of hydrogen-bond acceptors (Lipinski definition) is 5. The van der Waals surface area contributed by atoms with Gasteiger partial charge in [-0.15, -0.1) is 0 Å². The van der Waals surface area contributed by atoms with Gasteiger partial charge in [-0.3, -0.25) is 9.89 Å². The molecule has 0 bridgehead atoms. The molecule has 7 heteroatoms. The molecule has 0 fully saturated rings. The summed E-state index contributed by atoms with van der Waals surface area (Å²) in [5, 5.41) is 7.50. The minimum Gasteiger partial charge on any atom is -0.496 e. The van der Waals surface area contributed by atoms with E-state index in [4.69, 9.17) is 14.2 Å². The van der Waals surface area contributed by atoms with Crippen LogP contribution in [0.3, 0.4) is 0 Å². The van der Waals surface area contributed by atoms with E-state index in [0.29, 0.717) is 25.5 Å². The number of nitrogens with zero attached hydrogens (tertiary/aromatic N) is 2. The first kappa shape index (κ1) is 20.9. The number of methoxy groups -OCH3 is 2. The van der Waals surface area contributed by atoms with E-state index < -0.39 is 0 Å². The molecule has 1 aliphatic heterocycles. The van der Waals surface area contributed by atoms with Crippen molar-refractivity contribution in [2.75, 3.05) is 34.0 Å². The van der Waals surface area contributed by atoms with E-state index in [1.807, 2.05) is 60.4 Å². The topological polar surface area (TPSA) is 76.7 Å². The van der Waals surface area contributed by atoms with E-state index in [9.17, 15) is 4.79 Å². The molecular formula is C24H27N3O4. The Labute approximate surface area is 181 Å². The molecule has 1 atom stereocenters. The summed E-state index contributed by atoms with van der Waals surface area (Å²) in [7, 11) is 3.31. The Morgan fingerprint density at radius 1 is 1.10 bits per heavy atom. The van der Waals surface area contributed by atoms with E-state index in [1.165, 1.54) is 0 Å². The normalized spacial score (nSPS) is 15.3. The Balaban J connectivity index is 1.80. The fourth-order valence-electron chi connectivity index (χ4n) is 4.12. The number of para-hydroxylation sites is 1. The molecule has 3 aromatic rings. The summed E-state index contributed by atoms with van der Waals surface area (Å²) in [5.41, 5.74) is 4.01. The van der Waals surface area contributed by atoms with Crippen LogP contribution in [0.15, 0.2) is 48.5 Å². The van der Waals surface area contributed by atoms with Gasteiger partial charge < -0.3 is 19.1 Å². The number of aromatic nitrogens is 2. The first-order valence-electron chi connectivity index (χ1n) is 10.4. The number of amides is 1. The number of hydrogen-bond donors (Lipinski definition) is 1. The molecule has 1 aliphatic rings. The Morgan fingerprint density at radius 3 is 2.58 bits per heavy atom. The molecule has 0 saturated carbocycles. The third-order valence-electron chi connectivity index (χ3n) is 5.48. The van der Waals surface area contributed by atoms with Gasteiger partial charge in [-0.2, -0.15) is 5.10 Å². The zero-order chi connectivity index (χ0) is 21.8. The Hall–Kier alpha value is -3.32. The molecule has 0 radical (unpaired) electrons. The van der Waals surface area contributed by atoms with Gasteiger partial charge in [0.1, 0.15) is 17.2 Å². The molecule has 4 rings (SSSR count). The highest BCUT2D eigenvalue weighted by molar-refractivity contribution is 6.00. The second kappa shape index (κ2) is 9.22. The fourth-order valence-corrected chi connectivity index (χ4v) is 4.12. The van der Waals surface area contributed by atoms with E-state index in [2.05, 4.69) is 10.2 Å². The SMILES string of the molecule is CCOc1ccc(-c2n[nH]c3c2C(c2ccccc2OC)N(CCCOC)C3=O)cc1. The van der Waals surface area contributed by atoms with Gasteiger partial charge >= 0.3 is 0 Å². The van der Waals surface area contributed by atoms with Crippen LogP contribution in [-0.4, -0.2) is 55.0 Å². The van der Waals surface area contributed by atoms with Crippen LogP contribution in [0.25, 0.3) is 11.3 Å². The highest BCUT2D eigenvalue weighted by atomic mass is 16.5. The third-order valence-corrected chi connectivity index (χ3v) is 5.48. The molecule has 1 aromatic heterocycles. The van der Waals surface area contributed by atoms with Gasteiger partial charge in [0.15, 0.2) is 0 Å². The van der Waals surface area contributed by atoms with Crippen molar-refractivity contribution >= 4 is 5.91 Å². The van der Waals surface area contributed by atoms with Gasteiger partial charge in [-0.1, -0.05) is 18.2 Å². The van der Waals surface area contributed by atoms with Gasteiger partial charge in [0.2, 0.25) is 0 Å². The van der Waals surface area contributed by atoms with Gasteiger partial charge in [-0.25, -0.2) is 0 Å². The summed E-state index contributed by atoms with van der Waals surface area (Å²) in [6, 6.07) is 15.3. The first-order chi connectivity index (χ1) is 15.2. The lowest BCUT2D eigenvalue weighted by molar-refractivity contribution is 0.0722. The molecule has 1 unspecified atom stereocenters. The van der Waals surface area contributed by atoms with Crippen molar-refractivity contribution in [2.45, 2.75) is 19.4 Å². The van der Waals surface area contributed by atoms with Crippen LogP contribution in [0.5, 0.6) is 11.5 Å². The molecule has 1 amide bonds. The number of ether oxygens (including phenoxy) is 3. The summed E-state index contributed by atoms with van der Waals surface area (Å²) in [5.74, 6) is 1.48. The summed E-state index contributed by atoms with van der Waals surface area (Å²) < 4.78 is 16.4. The third kappa shape index (κ3) is 3.88. The van der Waals surface area contributed by atoms with Crippen molar-refractivity contribution in [1.29, 1.82) is 0 Å². The summed E-state index contributed by atoms with van der Waals surface area (Å²) >= 11 is 0. The first-order valence-corrected chi connectivity index (χ1v) is 10.4. The maximum absolute atomic E-state index is 13.3. The molecule has 162 valence electrons. The van der Waals surface area contributed by atoms with Crippen LogP contribution in [0.1, 0.15) is 41.0 Å². The number of aromatic amines is 1. The average molecular weight is 421 g/mol. The molecule has 1 N–H and O–H groups in total. The zero-order valence-corrected chi connectivity index (χ0v) is 18.1. The summed E-state index contributed by atoms with van der Waals surface area (Å²) in [6.07, 6.45) is 0.740. The van der Waals surface area contributed by atoms with Crippen molar-refractivity contribution in [1.82, 2.24) is 15.1 Å². The number of rotatable bonds is 9. The highest BCUT2D eigenvalue weighted by Crippen LogP contribution is 2.45. The summed E-state index contributed by atoms with van der Waals surface area (Å²) in [6.45, 7) is 3.72. The van der Waals surface area contributed by atoms with Crippen LogP contribution in [0.2, 0.25) is 0 Å². The average Bonchev–Trinajstić information content (AvgIpc) is 3.34. The van der Waals surface area contributed by atoms with E-state index >= 15 is 0 Å². The molecule has 31 heavy (non-hydrogen) atoms. The smallest absolute Gasteiger partial charge is 0.273 e. The fraction of sp³-hybridized carbons (Fsp3) is 0.333. The monoisotopic (exact) mass is 421 g/mol. The standard InChI is InChI=1S/C24H27N3O4/c1-4-31-17-12-10-16(11-13-17)21-20-22(26-25-21)24(28)27(14-7-15-29-2)23(20)18-8-5-6-9-19(18)30-3/h5-6,8-13,23H,4,7,14-15H2,1-3H3,(H,25,26). The van der Waals surface area contributed by atoms with Crippen molar-refractivity contribution in [2.24, 2.45) is 0 Å². The van der Waals surface area contributed by atoms with Crippen molar-refractivity contribution < 1.29 is 19.0 Å². The lowest BCUT2D eigenvalue weighted by Gasteiger charge is -2.27. The number of carbonyl (C=O) groups is 1. The summed E-state index contributed by atoms with van der Waals surface area (Å²) in [4.78, 5) is 15.2. The van der Waals surface area contributed by atoms with Crippen LogP contribution in [0.4, 0.5) is 0 Å². The number of fused-ring (bicyclic) bond motifs is 1. The number of benzene rings is 2. The van der Waals surface area contributed by atoms with Crippen LogP contribution < -0.4 is 9.47 Å². The number of nitrogens with one attached hydrogen (secondary N) is 1. The van der Waals surface area contributed by atoms with E-state index in [-0.39, 0.29) is 11.9 Å². The molecule has 7 nitrogen and oxygen atoms in total. The molecule has 0 saturated heterocycles. The van der Waals surface area contributed by atoms with Gasteiger partial charge in [0.05, 0.1) is 25.5 Å². The van der Waals surface area contributed by atoms with Gasteiger partial charge in [0.25, 0.3) is 5.91 Å². The maximum atomic E-state index is 13.3. The van der Waals surface area contributed by atoms with Crippen LogP contribution in [0, 0.1) is 0 Å². The van der Waals surface area contributed by atoms with Crippen molar-refractivity contribution in [3.63, 3.8) is 0 Å². The highest BCUT2D eigenvalue weighted by Gasteiger charge is 2.42.